The summed E-state index contributed by atoms with van der Waals surface area (Å²) in [6, 6.07) is 10.0. The number of hydrogen-bond acceptors (Lipinski definition) is 5. The molecule has 2 N–H and O–H groups in total. The van der Waals surface area contributed by atoms with Gasteiger partial charge < -0.3 is 20.1 Å². The summed E-state index contributed by atoms with van der Waals surface area (Å²) in [7, 11) is 1.37. The maximum Gasteiger partial charge on any atom is 0.408 e. The summed E-state index contributed by atoms with van der Waals surface area (Å²) in [5.74, 6) is -0.458. The minimum atomic E-state index is -0.771. The Bertz CT molecular complexity index is 827. The van der Waals surface area contributed by atoms with E-state index in [1.165, 1.54) is 19.6 Å². The van der Waals surface area contributed by atoms with Crippen molar-refractivity contribution in [3.63, 3.8) is 0 Å². The Labute approximate surface area is 210 Å². The van der Waals surface area contributed by atoms with E-state index in [-0.39, 0.29) is 23.8 Å². The van der Waals surface area contributed by atoms with Gasteiger partial charge in [0.15, 0.2) is 0 Å². The lowest BCUT2D eigenvalue weighted by molar-refractivity contribution is -0.152. The first kappa shape index (κ1) is 28.7. The molecule has 0 heterocycles. The molecule has 1 fully saturated rings. The van der Waals surface area contributed by atoms with E-state index in [2.05, 4.69) is 29.7 Å². The van der Waals surface area contributed by atoms with Gasteiger partial charge in [0.2, 0.25) is 5.91 Å². The highest BCUT2D eigenvalue weighted by Crippen LogP contribution is 2.43. The first-order valence-corrected chi connectivity index (χ1v) is 12.9. The Morgan fingerprint density at radius 2 is 1.77 bits per heavy atom. The fourth-order valence-electron chi connectivity index (χ4n) is 5.07. The smallest absolute Gasteiger partial charge is 0.408 e. The molecule has 2 amide bonds. The molecule has 7 nitrogen and oxygen atoms in total. The number of esters is 1. The number of benzene rings is 1. The van der Waals surface area contributed by atoms with Crippen LogP contribution in [0.1, 0.15) is 85.1 Å². The molecule has 0 bridgehead atoms. The normalized spacial score (nSPS) is 21.3. The Morgan fingerprint density at radius 3 is 2.31 bits per heavy atom. The Kier molecular flexibility index (Phi) is 10.6. The molecule has 0 aromatic heterocycles. The zero-order valence-corrected chi connectivity index (χ0v) is 22.3. The van der Waals surface area contributed by atoms with Crippen LogP contribution in [0.5, 0.6) is 0 Å². The van der Waals surface area contributed by atoms with E-state index >= 15 is 0 Å². The first-order chi connectivity index (χ1) is 16.5. The van der Waals surface area contributed by atoms with Crippen molar-refractivity contribution in [2.45, 2.75) is 103 Å². The number of hydrogen-bond donors (Lipinski definition) is 2. The van der Waals surface area contributed by atoms with Crippen LogP contribution in [0.3, 0.4) is 0 Å². The van der Waals surface area contributed by atoms with Crippen molar-refractivity contribution in [3.05, 3.63) is 35.9 Å². The van der Waals surface area contributed by atoms with Crippen LogP contribution in [0.15, 0.2) is 30.3 Å². The average Bonchev–Trinajstić information content (AvgIpc) is 2.74. The van der Waals surface area contributed by atoms with Crippen molar-refractivity contribution >= 4 is 18.0 Å². The van der Waals surface area contributed by atoms with Crippen molar-refractivity contribution in [2.24, 2.45) is 11.8 Å². The minimum Gasteiger partial charge on any atom is -0.469 e. The number of rotatable bonds is 12. The largest absolute Gasteiger partial charge is 0.469 e. The number of carbonyl (C=O) groups excluding carboxylic acids is 3. The molecule has 1 aliphatic carbocycles. The lowest BCUT2D eigenvalue weighted by atomic mass is 9.62. The summed E-state index contributed by atoms with van der Waals surface area (Å²) < 4.78 is 10.5. The molecular weight excluding hydrogens is 444 g/mol. The second kappa shape index (κ2) is 12.9. The fourth-order valence-corrected chi connectivity index (χ4v) is 5.07. The summed E-state index contributed by atoms with van der Waals surface area (Å²) in [4.78, 5) is 37.3. The minimum absolute atomic E-state index is 0.158. The van der Waals surface area contributed by atoms with Gasteiger partial charge in [-0.15, -0.1) is 0 Å². The molecule has 2 rings (SSSR count). The third kappa shape index (κ3) is 9.19. The van der Waals surface area contributed by atoms with E-state index in [1.54, 1.807) is 0 Å². The zero-order valence-electron chi connectivity index (χ0n) is 22.3. The maximum absolute atomic E-state index is 12.8. The lowest BCUT2D eigenvalue weighted by Crippen LogP contribution is -2.69. The summed E-state index contributed by atoms with van der Waals surface area (Å²) in [5, 5.41) is 6.17. The predicted octanol–water partition coefficient (Wildman–Crippen LogP) is 5.17. The van der Waals surface area contributed by atoms with E-state index in [0.717, 1.165) is 32.1 Å². The molecule has 1 aliphatic rings. The Morgan fingerprint density at radius 1 is 1.11 bits per heavy atom. The van der Waals surface area contributed by atoms with E-state index in [9.17, 15) is 14.4 Å². The number of alkyl carbamates (subject to hydrolysis) is 1. The zero-order chi connectivity index (χ0) is 26.1. The molecule has 1 aromatic carbocycles. The molecule has 0 saturated heterocycles. The summed E-state index contributed by atoms with van der Waals surface area (Å²) in [6.45, 7) is 9.12. The van der Waals surface area contributed by atoms with Gasteiger partial charge in [0.25, 0.3) is 0 Å². The number of carbonyl (C=O) groups is 3. The Hall–Kier alpha value is -2.57. The molecule has 1 aromatic rings. The van der Waals surface area contributed by atoms with Gasteiger partial charge in [-0.1, -0.05) is 62.9 Å². The number of methoxy groups -OCH3 is 1. The summed E-state index contributed by atoms with van der Waals surface area (Å²) >= 11 is 0. The molecular formula is C28H44N2O5. The van der Waals surface area contributed by atoms with E-state index < -0.39 is 17.2 Å². The van der Waals surface area contributed by atoms with Crippen LogP contribution in [-0.2, 0) is 25.5 Å². The summed E-state index contributed by atoms with van der Waals surface area (Å²) in [5.41, 5.74) is -0.172. The maximum atomic E-state index is 12.8. The second-order valence-corrected chi connectivity index (χ2v) is 11.0. The monoisotopic (exact) mass is 488 g/mol. The van der Waals surface area contributed by atoms with Gasteiger partial charge >= 0.3 is 12.1 Å². The van der Waals surface area contributed by atoms with Crippen molar-refractivity contribution in [1.29, 1.82) is 0 Å². The van der Waals surface area contributed by atoms with Crippen molar-refractivity contribution in [2.75, 3.05) is 7.11 Å². The van der Waals surface area contributed by atoms with Crippen molar-refractivity contribution in [3.8, 4) is 0 Å². The number of nitrogens with one attached hydrogen (secondary N) is 2. The van der Waals surface area contributed by atoms with Crippen LogP contribution >= 0.6 is 0 Å². The molecule has 0 radical (unpaired) electrons. The van der Waals surface area contributed by atoms with Crippen molar-refractivity contribution in [1.82, 2.24) is 10.6 Å². The summed E-state index contributed by atoms with van der Waals surface area (Å²) in [6.07, 6.45) is 6.28. The van der Waals surface area contributed by atoms with Crippen LogP contribution in [0.2, 0.25) is 0 Å². The highest BCUT2D eigenvalue weighted by molar-refractivity contribution is 5.77. The third-order valence-electron chi connectivity index (χ3n) is 6.70. The van der Waals surface area contributed by atoms with Crippen LogP contribution in [0, 0.1) is 11.8 Å². The molecule has 0 spiro atoms. The molecule has 2 atom stereocenters. The fraction of sp³-hybridized carbons (Fsp3) is 0.679. The lowest BCUT2D eigenvalue weighted by Gasteiger charge is -2.52. The first-order valence-electron chi connectivity index (χ1n) is 12.9. The number of amides is 2. The SMILES string of the molecule is CCCCCC(Cc1ccccc1)CC(NC(C)=O)C1(NC(=O)OC(C)(C)C)CC(C(=O)OC)C1. The molecule has 0 aliphatic heterocycles. The highest BCUT2D eigenvalue weighted by atomic mass is 16.6. The number of ether oxygens (including phenoxy) is 2. The van der Waals surface area contributed by atoms with Gasteiger partial charge in [-0.2, -0.15) is 0 Å². The van der Waals surface area contributed by atoms with E-state index in [1.807, 2.05) is 39.0 Å². The van der Waals surface area contributed by atoms with Crippen LogP contribution < -0.4 is 10.6 Å². The molecule has 1 saturated carbocycles. The molecule has 35 heavy (non-hydrogen) atoms. The van der Waals surface area contributed by atoms with Gasteiger partial charge in [0, 0.05) is 6.92 Å². The molecule has 196 valence electrons. The van der Waals surface area contributed by atoms with Crippen LogP contribution in [0.25, 0.3) is 0 Å². The predicted molar refractivity (Wildman–Crippen MR) is 137 cm³/mol. The van der Waals surface area contributed by atoms with Gasteiger partial charge in [-0.3, -0.25) is 9.59 Å². The van der Waals surface area contributed by atoms with Gasteiger partial charge in [-0.25, -0.2) is 4.79 Å². The quantitative estimate of drug-likeness (QED) is 0.313. The second-order valence-electron chi connectivity index (χ2n) is 11.0. The van der Waals surface area contributed by atoms with E-state index in [0.29, 0.717) is 25.2 Å². The van der Waals surface area contributed by atoms with Gasteiger partial charge in [-0.05, 0) is 57.9 Å². The third-order valence-corrected chi connectivity index (χ3v) is 6.70. The standard InChI is InChI=1S/C28H44N2O5/c1-7-8-10-15-22(16-21-13-11-9-12-14-21)17-24(29-20(2)31)28(18-23(19-28)25(32)34-6)30-26(33)35-27(3,4)5/h9,11-14,22-24H,7-8,10,15-19H2,1-6H3,(H,29,31)(H,30,33). The number of unbranched alkanes of at least 4 members (excludes halogenated alkanes) is 2. The van der Waals surface area contributed by atoms with Gasteiger partial charge in [0.1, 0.15) is 5.60 Å². The van der Waals surface area contributed by atoms with E-state index in [4.69, 9.17) is 9.47 Å². The Balaban J connectivity index is 2.30. The van der Waals surface area contributed by atoms with Crippen LogP contribution in [-0.4, -0.2) is 42.3 Å². The van der Waals surface area contributed by atoms with Gasteiger partial charge in [0.05, 0.1) is 24.6 Å². The van der Waals surface area contributed by atoms with Crippen molar-refractivity contribution < 1.29 is 23.9 Å². The molecule has 2 unspecified atom stereocenters. The highest BCUT2D eigenvalue weighted by Gasteiger charge is 2.54. The topological polar surface area (TPSA) is 93.7 Å². The molecule has 7 heteroatoms. The average molecular weight is 489 g/mol. The van der Waals surface area contributed by atoms with Crippen LogP contribution in [0.4, 0.5) is 4.79 Å².